The first-order valence-corrected chi connectivity index (χ1v) is 25.7. The quantitative estimate of drug-likeness (QED) is 0.0575. The summed E-state index contributed by atoms with van der Waals surface area (Å²) in [5.74, 6) is 0. The second-order valence-corrected chi connectivity index (χ2v) is 18.1. The lowest BCUT2D eigenvalue weighted by molar-refractivity contribution is -0.597. The highest BCUT2D eigenvalue weighted by Crippen LogP contribution is 2.26. The van der Waals surface area contributed by atoms with Crippen LogP contribution in [-0.4, -0.2) is 19.6 Å². The molecule has 55 heavy (non-hydrogen) atoms. The fourth-order valence-electron chi connectivity index (χ4n) is 8.46. The molecule has 0 saturated heterocycles. The second-order valence-electron chi connectivity index (χ2n) is 18.1. The fourth-order valence-corrected chi connectivity index (χ4v) is 8.46. The number of quaternary nitrogens is 2. The van der Waals surface area contributed by atoms with E-state index in [1.54, 1.807) is 0 Å². The highest BCUT2D eigenvalue weighted by atomic mass is 35.5. The molecule has 0 aliphatic heterocycles. The Kier molecular flexibility index (Phi) is 64.0. The fraction of sp³-hybridized carbons (Fsp3) is 1.00. The molecule has 2 nitrogen and oxygen atoms in total. The third kappa shape index (κ3) is 56.6. The van der Waals surface area contributed by atoms with Crippen molar-refractivity contribution in [3.05, 3.63) is 0 Å². The summed E-state index contributed by atoms with van der Waals surface area (Å²) in [6, 6.07) is 0. The Bertz CT molecular complexity index is 537. The summed E-state index contributed by atoms with van der Waals surface area (Å²) in [7, 11) is 4.00. The van der Waals surface area contributed by atoms with E-state index in [0.717, 1.165) is 0 Å². The van der Waals surface area contributed by atoms with Gasteiger partial charge in [0.25, 0.3) is 0 Å². The summed E-state index contributed by atoms with van der Waals surface area (Å²) in [4.78, 5) is 0. The van der Waals surface area contributed by atoms with Gasteiger partial charge in [0.15, 0.2) is 0 Å². The molecular formula is C51H110Cl2N2. The normalized spacial score (nSPS) is 11.2. The van der Waals surface area contributed by atoms with E-state index in [9.17, 15) is 0 Å². The smallest absolute Gasteiger partial charge is 0.0945 e. The lowest BCUT2D eigenvalue weighted by Crippen LogP contribution is -3.00. The lowest BCUT2D eigenvalue weighted by atomic mass is 9.82. The van der Waals surface area contributed by atoms with Crippen molar-refractivity contribution in [3.8, 4) is 0 Å². The van der Waals surface area contributed by atoms with Crippen LogP contribution in [0.5, 0.6) is 0 Å². The van der Waals surface area contributed by atoms with Crippen molar-refractivity contribution in [2.24, 2.45) is 0 Å². The zero-order valence-corrected chi connectivity index (χ0v) is 40.9. The summed E-state index contributed by atoms with van der Waals surface area (Å²) in [6.45, 7) is 6.95. The third-order valence-electron chi connectivity index (χ3n) is 12.2. The van der Waals surface area contributed by atoms with Gasteiger partial charge in [-0.25, -0.2) is 0 Å². The molecular weight excluding hydrogens is 711 g/mol. The monoisotopic (exact) mass is 821 g/mol. The molecule has 0 aromatic heterocycles. The molecule has 0 fully saturated rings. The van der Waals surface area contributed by atoms with Crippen LogP contribution in [0.4, 0.5) is 0 Å². The van der Waals surface area contributed by atoms with Gasteiger partial charge in [-0.05, 0) is 19.3 Å². The van der Waals surface area contributed by atoms with Crippen LogP contribution >= 0.6 is 0 Å². The van der Waals surface area contributed by atoms with Crippen LogP contribution in [-0.2, 0) is 0 Å². The van der Waals surface area contributed by atoms with Crippen LogP contribution in [0, 0.1) is 0 Å². The van der Waals surface area contributed by atoms with Gasteiger partial charge < -0.3 is 35.9 Å². The van der Waals surface area contributed by atoms with E-state index < -0.39 is 0 Å². The molecule has 0 amide bonds. The number of nitrogens with two attached hydrogens (primary N) is 1. The zero-order valence-electron chi connectivity index (χ0n) is 39.4. The van der Waals surface area contributed by atoms with Crippen molar-refractivity contribution in [2.45, 2.75) is 315 Å². The van der Waals surface area contributed by atoms with Crippen LogP contribution < -0.4 is 35.9 Å². The van der Waals surface area contributed by atoms with Gasteiger partial charge in [0.05, 0.1) is 19.6 Å². The van der Waals surface area contributed by atoms with Gasteiger partial charge in [-0.1, -0.05) is 271 Å². The van der Waals surface area contributed by atoms with Crippen molar-refractivity contribution < 1.29 is 35.9 Å². The first-order valence-electron chi connectivity index (χ1n) is 25.7. The molecule has 0 aliphatic rings. The van der Waals surface area contributed by atoms with Crippen molar-refractivity contribution in [2.75, 3.05) is 14.1 Å². The predicted octanol–water partition coefficient (Wildman–Crippen LogP) is 10.4. The Hall–Kier alpha value is 0.500. The Morgan fingerprint density at radius 1 is 0.255 bits per heavy atom. The Labute approximate surface area is 363 Å². The maximum atomic E-state index is 4.97. The maximum Gasteiger partial charge on any atom is 0.0945 e. The summed E-state index contributed by atoms with van der Waals surface area (Å²) >= 11 is 0. The van der Waals surface area contributed by atoms with Crippen molar-refractivity contribution in [1.29, 1.82) is 0 Å². The molecule has 0 rings (SSSR count). The first-order chi connectivity index (χ1) is 26.1. The number of unbranched alkanes of at least 4 members (excludes halogenated alkanes) is 39. The molecule has 0 atom stereocenters. The van der Waals surface area contributed by atoms with Crippen LogP contribution in [0.2, 0.25) is 0 Å². The molecule has 0 bridgehead atoms. The third-order valence-corrected chi connectivity index (χ3v) is 12.2. The lowest BCUT2D eigenvalue weighted by Gasteiger charge is -2.26. The molecule has 4 heteroatoms. The summed E-state index contributed by atoms with van der Waals surface area (Å²) < 4.78 is 0. The molecule has 0 aromatic rings. The molecule has 0 spiro atoms. The Balaban J connectivity index is -0.00000251. The molecule has 0 saturated carbocycles. The van der Waals surface area contributed by atoms with E-state index in [1.807, 2.05) is 19.4 Å². The number of hydrogen-bond donors (Lipinski definition) is 2. The largest absolute Gasteiger partial charge is 1.00 e. The minimum absolute atomic E-state index is 0. The van der Waals surface area contributed by atoms with Gasteiger partial charge >= 0.3 is 0 Å². The Morgan fingerprint density at radius 3 is 0.491 bits per heavy atom. The Morgan fingerprint density at radius 2 is 0.364 bits per heavy atom. The second kappa shape index (κ2) is 56.6. The van der Waals surface area contributed by atoms with E-state index in [0.29, 0.717) is 5.54 Å². The molecule has 0 aromatic carbocycles. The predicted molar refractivity (Wildman–Crippen MR) is 244 cm³/mol. The summed E-state index contributed by atoms with van der Waals surface area (Å²) in [5, 5.41) is 2.00. The van der Waals surface area contributed by atoms with Crippen molar-refractivity contribution >= 4 is 0 Å². The summed E-state index contributed by atoms with van der Waals surface area (Å²) in [6.07, 6.45) is 65.5. The first kappa shape index (κ1) is 62.2. The van der Waals surface area contributed by atoms with Crippen LogP contribution in [0.3, 0.4) is 0 Å². The molecule has 338 valence electrons. The van der Waals surface area contributed by atoms with Crippen molar-refractivity contribution in [3.63, 3.8) is 0 Å². The van der Waals surface area contributed by atoms with Crippen LogP contribution in [0.15, 0.2) is 0 Å². The molecule has 5 N–H and O–H groups in total. The van der Waals surface area contributed by atoms with Gasteiger partial charge in [-0.2, -0.15) is 0 Å². The number of halogens is 2. The topological polar surface area (TPSA) is 44.2 Å². The van der Waals surface area contributed by atoms with Gasteiger partial charge in [-0.15, -0.1) is 0 Å². The minimum Gasteiger partial charge on any atom is -1.00 e. The molecule has 0 aliphatic carbocycles. The van der Waals surface area contributed by atoms with Gasteiger partial charge in [0.1, 0.15) is 0 Å². The minimum atomic E-state index is 0. The zero-order chi connectivity index (χ0) is 39.0. The maximum absolute atomic E-state index is 4.97. The highest BCUT2D eigenvalue weighted by Gasteiger charge is 2.27. The van der Waals surface area contributed by atoms with Crippen LogP contribution in [0.25, 0.3) is 0 Å². The van der Waals surface area contributed by atoms with E-state index in [-0.39, 0.29) is 24.8 Å². The van der Waals surface area contributed by atoms with E-state index in [4.69, 9.17) is 5.73 Å². The standard InChI is InChI=1S/C49H101N.C2H7N.2ClH/c1-4-7-10-13-16-19-22-25-28-31-34-37-40-43-46-49(50,47-44-41-38-35-32-29-26-23-20-17-14-11-8-5-2)48-45-42-39-36-33-30-27-24-21-18-15-12-9-6-3;1-3-2;;/h4-48,50H2,1-3H3;3H,1-2H3;2*1H. The van der Waals surface area contributed by atoms with E-state index >= 15 is 0 Å². The number of rotatable bonds is 45. The SMILES string of the molecule is CCCCCCCCCCCCCCCCC([NH3+])(CCCCCCCCCCCCCCCC)CCCCCCCCCCCCCCCC.C[NH2+]C.[Cl-].[Cl-]. The molecule has 0 heterocycles. The summed E-state index contributed by atoms with van der Waals surface area (Å²) in [5.41, 5.74) is 5.33. The average Bonchev–Trinajstić information content (AvgIpc) is 3.15. The number of hydrogen-bond acceptors (Lipinski definition) is 0. The molecule has 0 radical (unpaired) electrons. The average molecular weight is 822 g/mol. The van der Waals surface area contributed by atoms with Gasteiger partial charge in [-0.3, -0.25) is 0 Å². The van der Waals surface area contributed by atoms with Gasteiger partial charge in [0.2, 0.25) is 0 Å². The van der Waals surface area contributed by atoms with Crippen LogP contribution in [0.1, 0.15) is 310 Å². The van der Waals surface area contributed by atoms with Crippen molar-refractivity contribution in [1.82, 2.24) is 0 Å². The van der Waals surface area contributed by atoms with E-state index in [2.05, 4.69) is 20.8 Å². The van der Waals surface area contributed by atoms with Gasteiger partial charge in [0, 0.05) is 19.3 Å². The van der Waals surface area contributed by atoms with E-state index in [1.165, 1.54) is 289 Å². The molecule has 0 unspecified atom stereocenters. The highest BCUT2D eigenvalue weighted by molar-refractivity contribution is 4.77.